The zero-order valence-corrected chi connectivity index (χ0v) is 18.6. The van der Waals surface area contributed by atoms with E-state index in [2.05, 4.69) is 4.72 Å². The van der Waals surface area contributed by atoms with E-state index >= 15 is 0 Å². The van der Waals surface area contributed by atoms with Gasteiger partial charge in [-0.2, -0.15) is 0 Å². The van der Waals surface area contributed by atoms with E-state index in [0.717, 1.165) is 22.5 Å². The van der Waals surface area contributed by atoms with Gasteiger partial charge in [0.05, 0.1) is 0 Å². The number of Topliss-reactive ketones (excluding diaryl/α,β-unsaturated/α-hetero) is 1. The van der Waals surface area contributed by atoms with Crippen molar-refractivity contribution in [3.05, 3.63) is 94.7 Å². The highest BCUT2D eigenvalue weighted by Gasteiger charge is 2.18. The van der Waals surface area contributed by atoms with Gasteiger partial charge in [0.25, 0.3) is 0 Å². The third-order valence-electron chi connectivity index (χ3n) is 4.77. The van der Waals surface area contributed by atoms with Crippen LogP contribution in [0.3, 0.4) is 0 Å². The molecule has 1 heterocycles. The normalized spacial score (nSPS) is 11.6. The van der Waals surface area contributed by atoms with Crippen LogP contribution in [0.1, 0.15) is 27.3 Å². The molecule has 0 aliphatic carbocycles. The van der Waals surface area contributed by atoms with Gasteiger partial charge in [-0.05, 0) is 43.7 Å². The molecule has 166 valence electrons. The average Bonchev–Trinajstić information content (AvgIpc) is 3.10. The molecule has 0 aliphatic rings. The minimum absolute atomic E-state index is 0.361. The molecule has 0 amide bonds. The molecule has 7 nitrogen and oxygen atoms in total. The molecule has 0 unspecified atom stereocenters. The van der Waals surface area contributed by atoms with E-state index < -0.39 is 29.1 Å². The van der Waals surface area contributed by atoms with Crippen LogP contribution in [-0.4, -0.2) is 37.9 Å². The van der Waals surface area contributed by atoms with Gasteiger partial charge in [0, 0.05) is 28.0 Å². The predicted octanol–water partition coefficient (Wildman–Crippen LogP) is 3.41. The number of nitrogens with one attached hydrogen (secondary N) is 1. The Morgan fingerprint density at radius 3 is 2.28 bits per heavy atom. The Balaban J connectivity index is 1.55. The van der Waals surface area contributed by atoms with Crippen LogP contribution in [0.15, 0.2) is 72.1 Å². The third kappa shape index (κ3) is 6.03. The van der Waals surface area contributed by atoms with Gasteiger partial charge >= 0.3 is 5.97 Å². The van der Waals surface area contributed by atoms with Gasteiger partial charge < -0.3 is 9.30 Å². The van der Waals surface area contributed by atoms with Crippen molar-refractivity contribution < 1.29 is 22.7 Å². The van der Waals surface area contributed by atoms with Gasteiger partial charge in [-0.25, -0.2) is 13.1 Å². The van der Waals surface area contributed by atoms with Crippen LogP contribution in [0.25, 0.3) is 11.8 Å². The van der Waals surface area contributed by atoms with Crippen LogP contribution in [0.2, 0.25) is 0 Å². The highest BCUT2D eigenvalue weighted by atomic mass is 32.2. The summed E-state index contributed by atoms with van der Waals surface area (Å²) in [5, 5.41) is 0.971. The molecule has 0 saturated carbocycles. The quantitative estimate of drug-likeness (QED) is 0.397. The van der Waals surface area contributed by atoms with E-state index in [9.17, 15) is 18.0 Å². The van der Waals surface area contributed by atoms with E-state index in [1.165, 1.54) is 6.08 Å². The first kappa shape index (κ1) is 23.2. The molecular weight excluding hydrogens is 428 g/mol. The van der Waals surface area contributed by atoms with E-state index in [0.29, 0.717) is 11.1 Å². The van der Waals surface area contributed by atoms with Crippen molar-refractivity contribution in [2.75, 3.05) is 13.2 Å². The fraction of sp³-hybridized carbons (Fsp3) is 0.167. The molecule has 0 bridgehead atoms. The molecule has 3 aromatic rings. The Morgan fingerprint density at radius 1 is 1.00 bits per heavy atom. The number of carbonyl (C=O) groups is 2. The Kier molecular flexibility index (Phi) is 7.40. The van der Waals surface area contributed by atoms with Gasteiger partial charge in [-0.3, -0.25) is 9.59 Å². The number of aryl methyl sites for hydroxylation is 1. The van der Waals surface area contributed by atoms with Gasteiger partial charge in [0.2, 0.25) is 15.8 Å². The molecule has 2 aromatic carbocycles. The van der Waals surface area contributed by atoms with Crippen molar-refractivity contribution in [3.8, 4) is 5.69 Å². The summed E-state index contributed by atoms with van der Waals surface area (Å²) in [6.07, 6.45) is 1.42. The maximum absolute atomic E-state index is 12.6. The summed E-state index contributed by atoms with van der Waals surface area (Å²) in [5.74, 6) is -1.20. The Hall–Kier alpha value is -3.49. The molecule has 0 spiro atoms. The van der Waals surface area contributed by atoms with Crippen LogP contribution in [0.5, 0.6) is 0 Å². The number of hydrogen-bond acceptors (Lipinski definition) is 5. The second-order valence-corrected chi connectivity index (χ2v) is 8.77. The van der Waals surface area contributed by atoms with Crippen LogP contribution in [0, 0.1) is 13.8 Å². The summed E-state index contributed by atoms with van der Waals surface area (Å²) in [6, 6.07) is 20.2. The van der Waals surface area contributed by atoms with Gasteiger partial charge in [0.15, 0.2) is 6.61 Å². The van der Waals surface area contributed by atoms with Crippen LogP contribution < -0.4 is 4.72 Å². The second kappa shape index (κ2) is 10.2. The topological polar surface area (TPSA) is 94.5 Å². The third-order valence-corrected chi connectivity index (χ3v) is 5.81. The molecular formula is C24H24N2O5S. The number of benzene rings is 2. The molecule has 0 saturated heterocycles. The lowest BCUT2D eigenvalue weighted by Gasteiger charge is -2.09. The number of esters is 1. The van der Waals surface area contributed by atoms with Crippen molar-refractivity contribution in [2.24, 2.45) is 0 Å². The van der Waals surface area contributed by atoms with Crippen LogP contribution >= 0.6 is 0 Å². The Morgan fingerprint density at radius 2 is 1.62 bits per heavy atom. The van der Waals surface area contributed by atoms with E-state index in [1.807, 2.05) is 54.8 Å². The molecule has 0 atom stereocenters. The number of para-hydroxylation sites is 1. The molecule has 0 radical (unpaired) electrons. The smallest absolute Gasteiger partial charge is 0.321 e. The lowest BCUT2D eigenvalue weighted by Crippen LogP contribution is -2.30. The first-order chi connectivity index (χ1) is 15.3. The zero-order valence-electron chi connectivity index (χ0n) is 17.8. The van der Waals surface area contributed by atoms with Crippen LogP contribution in [-0.2, 0) is 19.6 Å². The highest BCUT2D eigenvalue weighted by molar-refractivity contribution is 7.92. The average molecular weight is 453 g/mol. The number of nitrogens with zero attached hydrogens (tertiary/aromatic N) is 1. The van der Waals surface area contributed by atoms with Crippen molar-refractivity contribution in [2.45, 2.75) is 13.8 Å². The van der Waals surface area contributed by atoms with E-state index in [-0.39, 0.29) is 5.78 Å². The number of ketones is 1. The summed E-state index contributed by atoms with van der Waals surface area (Å²) in [5.41, 5.74) is 3.70. The fourth-order valence-electron chi connectivity index (χ4n) is 3.23. The van der Waals surface area contributed by atoms with Crippen molar-refractivity contribution >= 4 is 27.9 Å². The second-order valence-electron chi connectivity index (χ2n) is 7.12. The maximum Gasteiger partial charge on any atom is 0.321 e. The maximum atomic E-state index is 12.6. The number of aromatic nitrogens is 1. The largest absolute Gasteiger partial charge is 0.456 e. The summed E-state index contributed by atoms with van der Waals surface area (Å²) in [4.78, 5) is 24.5. The van der Waals surface area contributed by atoms with E-state index in [1.54, 1.807) is 30.3 Å². The minimum Gasteiger partial charge on any atom is -0.456 e. The molecule has 1 aromatic heterocycles. The Labute approximate surface area is 187 Å². The molecule has 32 heavy (non-hydrogen) atoms. The molecule has 0 aliphatic heterocycles. The molecule has 3 rings (SSSR count). The summed E-state index contributed by atoms with van der Waals surface area (Å²) in [6.45, 7) is 2.67. The molecule has 1 N–H and O–H groups in total. The first-order valence-corrected chi connectivity index (χ1v) is 11.5. The first-order valence-electron chi connectivity index (χ1n) is 9.93. The number of rotatable bonds is 9. The number of ether oxygens (including phenoxy) is 1. The summed E-state index contributed by atoms with van der Waals surface area (Å²) < 4.78 is 33.1. The lowest BCUT2D eigenvalue weighted by molar-refractivity contribution is -0.141. The van der Waals surface area contributed by atoms with E-state index in [4.69, 9.17) is 4.74 Å². The summed E-state index contributed by atoms with van der Waals surface area (Å²) >= 11 is 0. The van der Waals surface area contributed by atoms with Crippen LogP contribution in [0.4, 0.5) is 0 Å². The van der Waals surface area contributed by atoms with Crippen molar-refractivity contribution in [1.82, 2.24) is 9.29 Å². The van der Waals surface area contributed by atoms with Crippen molar-refractivity contribution in [1.29, 1.82) is 0 Å². The van der Waals surface area contributed by atoms with Gasteiger partial charge in [-0.15, -0.1) is 0 Å². The Bertz CT molecular complexity index is 1230. The molecule has 8 heteroatoms. The lowest BCUT2D eigenvalue weighted by atomic mass is 10.1. The minimum atomic E-state index is -3.82. The highest BCUT2D eigenvalue weighted by Crippen LogP contribution is 2.21. The zero-order chi connectivity index (χ0) is 23.1. The standard InChI is InChI=1S/C24H24N2O5S/c1-18-15-22(19(2)26(18)21-11-7-4-8-12-21)23(27)17-31-24(28)16-25-32(29,30)14-13-20-9-5-3-6-10-20/h3-15,25H,16-17H2,1-2H3/b14-13+. The number of sulfonamides is 1. The number of hydrogen-bond donors (Lipinski definition) is 1. The van der Waals surface area contributed by atoms with Gasteiger partial charge in [-0.1, -0.05) is 48.5 Å². The van der Waals surface area contributed by atoms with Crippen molar-refractivity contribution in [3.63, 3.8) is 0 Å². The number of carbonyl (C=O) groups excluding carboxylic acids is 2. The predicted molar refractivity (Wildman–Crippen MR) is 123 cm³/mol. The van der Waals surface area contributed by atoms with Gasteiger partial charge in [0.1, 0.15) is 6.54 Å². The monoisotopic (exact) mass is 452 g/mol. The molecule has 0 fully saturated rings. The SMILES string of the molecule is Cc1cc(C(=O)COC(=O)CNS(=O)(=O)/C=C/c2ccccc2)c(C)n1-c1ccccc1. The fourth-order valence-corrected chi connectivity index (χ4v) is 3.99. The summed E-state index contributed by atoms with van der Waals surface area (Å²) in [7, 11) is -3.82.